The standard InChI is InChI=1S/C12H11Cl2NO/c1-3-6-15(2)12(16)8-9-4-5-10(13)11(14)7-9/h1,4-5,7H,6,8H2,2H3. The molecule has 0 aliphatic heterocycles. The van der Waals surface area contributed by atoms with Crippen LogP contribution >= 0.6 is 23.2 Å². The van der Waals surface area contributed by atoms with Gasteiger partial charge in [-0.2, -0.15) is 0 Å². The summed E-state index contributed by atoms with van der Waals surface area (Å²) in [6.07, 6.45) is 5.40. The lowest BCUT2D eigenvalue weighted by Crippen LogP contribution is -2.28. The molecule has 0 saturated carbocycles. The van der Waals surface area contributed by atoms with Crippen LogP contribution in [-0.4, -0.2) is 24.4 Å². The van der Waals surface area contributed by atoms with Crippen molar-refractivity contribution in [3.05, 3.63) is 33.8 Å². The van der Waals surface area contributed by atoms with Gasteiger partial charge in [0.05, 0.1) is 23.0 Å². The number of hydrogen-bond acceptors (Lipinski definition) is 1. The zero-order valence-corrected chi connectivity index (χ0v) is 10.3. The summed E-state index contributed by atoms with van der Waals surface area (Å²) < 4.78 is 0. The Morgan fingerprint density at radius 2 is 2.12 bits per heavy atom. The van der Waals surface area contributed by atoms with E-state index in [1.54, 1.807) is 25.2 Å². The summed E-state index contributed by atoms with van der Waals surface area (Å²) in [5.41, 5.74) is 0.822. The van der Waals surface area contributed by atoms with Crippen LogP contribution in [0.2, 0.25) is 10.0 Å². The van der Waals surface area contributed by atoms with Gasteiger partial charge < -0.3 is 4.90 Å². The van der Waals surface area contributed by atoms with Gasteiger partial charge in [-0.25, -0.2) is 0 Å². The van der Waals surface area contributed by atoms with Crippen LogP contribution in [0.25, 0.3) is 0 Å². The lowest BCUT2D eigenvalue weighted by atomic mass is 10.1. The fourth-order valence-corrected chi connectivity index (χ4v) is 1.50. The van der Waals surface area contributed by atoms with Gasteiger partial charge in [0.25, 0.3) is 0 Å². The Hall–Kier alpha value is -1.17. The molecule has 0 aromatic heterocycles. The van der Waals surface area contributed by atoms with E-state index in [2.05, 4.69) is 5.92 Å². The molecule has 84 valence electrons. The SMILES string of the molecule is C#CCN(C)C(=O)Cc1ccc(Cl)c(Cl)c1. The number of carbonyl (C=O) groups is 1. The number of carbonyl (C=O) groups excluding carboxylic acids is 1. The molecule has 4 heteroatoms. The normalized spacial score (nSPS) is 9.62. The summed E-state index contributed by atoms with van der Waals surface area (Å²) in [6, 6.07) is 5.13. The molecule has 0 spiro atoms. The molecule has 0 atom stereocenters. The van der Waals surface area contributed by atoms with E-state index in [4.69, 9.17) is 29.6 Å². The minimum atomic E-state index is -0.0451. The molecule has 0 N–H and O–H groups in total. The molecular formula is C12H11Cl2NO. The zero-order valence-electron chi connectivity index (χ0n) is 8.84. The van der Waals surface area contributed by atoms with Crippen molar-refractivity contribution in [1.29, 1.82) is 0 Å². The molecule has 0 heterocycles. The van der Waals surface area contributed by atoms with Crippen LogP contribution in [0, 0.1) is 12.3 Å². The zero-order chi connectivity index (χ0) is 12.1. The Balaban J connectivity index is 2.70. The number of amides is 1. The highest BCUT2D eigenvalue weighted by Crippen LogP contribution is 2.22. The molecule has 0 unspecified atom stereocenters. The van der Waals surface area contributed by atoms with E-state index in [-0.39, 0.29) is 12.3 Å². The first-order valence-electron chi connectivity index (χ1n) is 4.66. The van der Waals surface area contributed by atoms with Gasteiger partial charge in [-0.3, -0.25) is 4.79 Å². The van der Waals surface area contributed by atoms with Crippen molar-refractivity contribution in [3.8, 4) is 12.3 Å². The van der Waals surface area contributed by atoms with E-state index in [1.165, 1.54) is 4.90 Å². The van der Waals surface area contributed by atoms with Crippen molar-refractivity contribution in [2.45, 2.75) is 6.42 Å². The topological polar surface area (TPSA) is 20.3 Å². The Kier molecular flexibility index (Phi) is 4.67. The third-order valence-corrected chi connectivity index (χ3v) is 2.83. The molecule has 0 radical (unpaired) electrons. The van der Waals surface area contributed by atoms with Gasteiger partial charge in [-0.05, 0) is 17.7 Å². The second-order valence-electron chi connectivity index (χ2n) is 3.38. The third kappa shape index (κ3) is 3.44. The summed E-state index contributed by atoms with van der Waals surface area (Å²) in [6.45, 7) is 0.306. The Bertz CT molecular complexity index is 437. The van der Waals surface area contributed by atoms with Gasteiger partial charge in [0.15, 0.2) is 0 Å². The molecule has 0 aliphatic carbocycles. The first-order chi connectivity index (χ1) is 7.54. The van der Waals surface area contributed by atoms with Crippen LogP contribution in [-0.2, 0) is 11.2 Å². The number of rotatable bonds is 3. The fraction of sp³-hybridized carbons (Fsp3) is 0.250. The summed E-state index contributed by atoms with van der Waals surface area (Å²) in [5.74, 6) is 2.37. The monoisotopic (exact) mass is 255 g/mol. The minimum absolute atomic E-state index is 0.0451. The third-order valence-electron chi connectivity index (χ3n) is 2.09. The Morgan fingerprint density at radius 1 is 1.44 bits per heavy atom. The van der Waals surface area contributed by atoms with Gasteiger partial charge in [0, 0.05) is 7.05 Å². The first-order valence-corrected chi connectivity index (χ1v) is 5.41. The van der Waals surface area contributed by atoms with E-state index >= 15 is 0 Å². The van der Waals surface area contributed by atoms with Gasteiger partial charge in [-0.15, -0.1) is 6.42 Å². The molecule has 1 aromatic carbocycles. The smallest absolute Gasteiger partial charge is 0.227 e. The molecule has 16 heavy (non-hydrogen) atoms. The van der Waals surface area contributed by atoms with Crippen molar-refractivity contribution in [3.63, 3.8) is 0 Å². The summed E-state index contributed by atoms with van der Waals surface area (Å²) >= 11 is 11.6. The first kappa shape index (κ1) is 12.9. The number of hydrogen-bond donors (Lipinski definition) is 0. The lowest BCUT2D eigenvalue weighted by Gasteiger charge is -2.13. The highest BCUT2D eigenvalue weighted by Gasteiger charge is 2.09. The average molecular weight is 256 g/mol. The second-order valence-corrected chi connectivity index (χ2v) is 4.19. The number of benzene rings is 1. The molecule has 0 fully saturated rings. The quantitative estimate of drug-likeness (QED) is 0.761. The average Bonchev–Trinajstić information content (AvgIpc) is 2.24. The number of likely N-dealkylation sites (N-methyl/N-ethyl adjacent to an activating group) is 1. The lowest BCUT2D eigenvalue weighted by molar-refractivity contribution is -0.128. The largest absolute Gasteiger partial charge is 0.334 e. The van der Waals surface area contributed by atoms with Crippen LogP contribution < -0.4 is 0 Å². The van der Waals surface area contributed by atoms with Crippen LogP contribution in [0.15, 0.2) is 18.2 Å². The Labute approximate surface area is 105 Å². The van der Waals surface area contributed by atoms with E-state index in [9.17, 15) is 4.79 Å². The highest BCUT2D eigenvalue weighted by atomic mass is 35.5. The van der Waals surface area contributed by atoms with Gasteiger partial charge >= 0.3 is 0 Å². The number of halogens is 2. The van der Waals surface area contributed by atoms with Crippen molar-refractivity contribution in [2.75, 3.05) is 13.6 Å². The van der Waals surface area contributed by atoms with E-state index < -0.39 is 0 Å². The van der Waals surface area contributed by atoms with Crippen LogP contribution in [0.1, 0.15) is 5.56 Å². The predicted molar refractivity (Wildman–Crippen MR) is 66.6 cm³/mol. The molecule has 0 bridgehead atoms. The van der Waals surface area contributed by atoms with Gasteiger partial charge in [0.1, 0.15) is 0 Å². The number of nitrogens with zero attached hydrogens (tertiary/aromatic N) is 1. The molecule has 1 amide bonds. The molecule has 1 aromatic rings. The summed E-state index contributed by atoms with van der Waals surface area (Å²) in [5, 5.41) is 0.932. The van der Waals surface area contributed by atoms with E-state index in [1.807, 2.05) is 0 Å². The van der Waals surface area contributed by atoms with Gasteiger partial charge in [0.2, 0.25) is 5.91 Å². The highest BCUT2D eigenvalue weighted by molar-refractivity contribution is 6.42. The molecule has 0 aliphatic rings. The number of terminal acetylenes is 1. The molecule has 0 saturated heterocycles. The van der Waals surface area contributed by atoms with Crippen molar-refractivity contribution >= 4 is 29.1 Å². The minimum Gasteiger partial charge on any atom is -0.334 e. The predicted octanol–water partition coefficient (Wildman–Crippen LogP) is 2.63. The van der Waals surface area contributed by atoms with Crippen LogP contribution in [0.4, 0.5) is 0 Å². The van der Waals surface area contributed by atoms with Crippen LogP contribution in [0.5, 0.6) is 0 Å². The Morgan fingerprint density at radius 3 is 2.69 bits per heavy atom. The fourth-order valence-electron chi connectivity index (χ4n) is 1.18. The van der Waals surface area contributed by atoms with Crippen LogP contribution in [0.3, 0.4) is 0 Å². The van der Waals surface area contributed by atoms with Crippen molar-refractivity contribution in [1.82, 2.24) is 4.90 Å². The van der Waals surface area contributed by atoms with Crippen molar-refractivity contribution < 1.29 is 4.79 Å². The molecule has 1 rings (SSSR count). The molecular weight excluding hydrogens is 245 g/mol. The summed E-state index contributed by atoms with van der Waals surface area (Å²) in [7, 11) is 1.67. The van der Waals surface area contributed by atoms with Gasteiger partial charge in [-0.1, -0.05) is 35.2 Å². The van der Waals surface area contributed by atoms with E-state index in [0.717, 1.165) is 5.56 Å². The maximum absolute atomic E-state index is 11.7. The second kappa shape index (κ2) is 5.79. The summed E-state index contributed by atoms with van der Waals surface area (Å²) in [4.78, 5) is 13.1. The maximum Gasteiger partial charge on any atom is 0.227 e. The molecule has 2 nitrogen and oxygen atoms in total. The maximum atomic E-state index is 11.7. The van der Waals surface area contributed by atoms with E-state index in [0.29, 0.717) is 16.6 Å². The van der Waals surface area contributed by atoms with Crippen molar-refractivity contribution in [2.24, 2.45) is 0 Å².